The van der Waals surface area contributed by atoms with Crippen LogP contribution in [0.2, 0.25) is 0 Å². The Labute approximate surface area is 176 Å². The van der Waals surface area contributed by atoms with Gasteiger partial charge in [-0.1, -0.05) is 31.0 Å². The van der Waals surface area contributed by atoms with E-state index in [0.29, 0.717) is 30.0 Å². The molecule has 1 saturated heterocycles. The number of carbonyl (C=O) groups is 1. The highest BCUT2D eigenvalue weighted by Gasteiger charge is 2.50. The van der Waals surface area contributed by atoms with Gasteiger partial charge in [0.05, 0.1) is 24.3 Å². The zero-order valence-electron chi connectivity index (χ0n) is 17.2. The van der Waals surface area contributed by atoms with E-state index in [9.17, 15) is 9.90 Å². The molecule has 2 heterocycles. The van der Waals surface area contributed by atoms with Gasteiger partial charge in [0.15, 0.2) is 11.5 Å². The Morgan fingerprint density at radius 2 is 1.97 bits per heavy atom. The largest absolute Gasteiger partial charge is 0.496 e. The third-order valence-electron chi connectivity index (χ3n) is 6.90. The summed E-state index contributed by atoms with van der Waals surface area (Å²) in [5.74, 6) is 1.90. The number of likely N-dealkylation sites (tertiary alicyclic amines) is 1. The van der Waals surface area contributed by atoms with E-state index in [2.05, 4.69) is 0 Å². The molecule has 0 aromatic heterocycles. The van der Waals surface area contributed by atoms with Crippen LogP contribution >= 0.6 is 0 Å². The third-order valence-corrected chi connectivity index (χ3v) is 6.90. The highest BCUT2D eigenvalue weighted by Crippen LogP contribution is 2.51. The van der Waals surface area contributed by atoms with Gasteiger partial charge in [-0.05, 0) is 49.1 Å². The average Bonchev–Trinajstić information content (AvgIpc) is 3.25. The van der Waals surface area contributed by atoms with Crippen molar-refractivity contribution in [3.8, 4) is 17.2 Å². The van der Waals surface area contributed by atoms with E-state index in [-0.39, 0.29) is 24.7 Å². The van der Waals surface area contributed by atoms with Gasteiger partial charge in [0, 0.05) is 12.5 Å². The number of benzene rings is 2. The molecule has 1 N–H and O–H groups in total. The molecular formula is C24H27NO5. The smallest absolute Gasteiger partial charge is 0.258 e. The van der Waals surface area contributed by atoms with Crippen molar-refractivity contribution >= 4 is 5.91 Å². The van der Waals surface area contributed by atoms with E-state index >= 15 is 0 Å². The molecule has 2 unspecified atom stereocenters. The van der Waals surface area contributed by atoms with E-state index < -0.39 is 5.60 Å². The van der Waals surface area contributed by atoms with Crippen LogP contribution in [0.15, 0.2) is 42.5 Å². The number of para-hydroxylation sites is 1. The number of ether oxygens (including phenoxy) is 3. The van der Waals surface area contributed by atoms with Crippen LogP contribution in [0.25, 0.3) is 0 Å². The number of hydrogen-bond donors (Lipinski definition) is 1. The molecule has 2 aliphatic heterocycles. The minimum absolute atomic E-state index is 0.0148. The molecule has 3 atom stereocenters. The average molecular weight is 409 g/mol. The van der Waals surface area contributed by atoms with Crippen molar-refractivity contribution in [2.45, 2.75) is 43.7 Å². The summed E-state index contributed by atoms with van der Waals surface area (Å²) >= 11 is 0. The van der Waals surface area contributed by atoms with Gasteiger partial charge in [0.1, 0.15) is 5.75 Å². The summed E-state index contributed by atoms with van der Waals surface area (Å²) in [4.78, 5) is 15.6. The molecule has 6 heteroatoms. The number of rotatable bonds is 3. The maximum atomic E-state index is 13.7. The Hall–Kier alpha value is -2.73. The molecule has 5 rings (SSSR count). The maximum absolute atomic E-state index is 13.7. The van der Waals surface area contributed by atoms with Gasteiger partial charge in [0.2, 0.25) is 6.79 Å². The minimum atomic E-state index is -0.739. The minimum Gasteiger partial charge on any atom is -0.496 e. The van der Waals surface area contributed by atoms with Gasteiger partial charge in [0.25, 0.3) is 5.91 Å². The summed E-state index contributed by atoms with van der Waals surface area (Å²) in [6, 6.07) is 13.0. The second kappa shape index (κ2) is 7.51. The highest BCUT2D eigenvalue weighted by molar-refractivity contribution is 5.97. The van der Waals surface area contributed by atoms with Crippen LogP contribution in [0.1, 0.15) is 54.1 Å². The van der Waals surface area contributed by atoms with Crippen LogP contribution in [-0.2, 0) is 0 Å². The molecule has 0 radical (unpaired) electrons. The second-order valence-electron chi connectivity index (χ2n) is 8.46. The van der Waals surface area contributed by atoms with Gasteiger partial charge in [-0.2, -0.15) is 0 Å². The van der Waals surface area contributed by atoms with Crippen molar-refractivity contribution in [1.82, 2.24) is 4.90 Å². The summed E-state index contributed by atoms with van der Waals surface area (Å²) < 4.78 is 16.5. The van der Waals surface area contributed by atoms with Crippen LogP contribution in [-0.4, -0.2) is 42.0 Å². The predicted octanol–water partition coefficient (Wildman–Crippen LogP) is 3.93. The Morgan fingerprint density at radius 3 is 2.83 bits per heavy atom. The van der Waals surface area contributed by atoms with Crippen LogP contribution in [0.4, 0.5) is 0 Å². The summed E-state index contributed by atoms with van der Waals surface area (Å²) in [6.45, 7) is 0.712. The monoisotopic (exact) mass is 409 g/mol. The fraction of sp³-hybridized carbons (Fsp3) is 0.458. The van der Waals surface area contributed by atoms with E-state index in [0.717, 1.165) is 37.0 Å². The normalized spacial score (nSPS) is 27.5. The first-order valence-corrected chi connectivity index (χ1v) is 10.7. The van der Waals surface area contributed by atoms with Gasteiger partial charge >= 0.3 is 0 Å². The first-order valence-electron chi connectivity index (χ1n) is 10.7. The molecule has 158 valence electrons. The molecule has 2 fully saturated rings. The fourth-order valence-electron chi connectivity index (χ4n) is 5.40. The lowest BCUT2D eigenvalue weighted by atomic mass is 9.66. The summed E-state index contributed by atoms with van der Waals surface area (Å²) in [6.07, 6.45) is 4.37. The SMILES string of the molecule is COc1ccccc1C(=O)N1CCC2(O)CCCCC2[C@@H]1c1ccc2c(c1)OCO2. The highest BCUT2D eigenvalue weighted by atomic mass is 16.7. The fourth-order valence-corrected chi connectivity index (χ4v) is 5.40. The predicted molar refractivity (Wildman–Crippen MR) is 111 cm³/mol. The van der Waals surface area contributed by atoms with Crippen molar-refractivity contribution < 1.29 is 24.1 Å². The van der Waals surface area contributed by atoms with Gasteiger partial charge in [-0.25, -0.2) is 0 Å². The molecule has 30 heavy (non-hydrogen) atoms. The number of amides is 1. The van der Waals surface area contributed by atoms with Gasteiger partial charge in [-0.15, -0.1) is 0 Å². The number of fused-ring (bicyclic) bond motifs is 2. The summed E-state index contributed by atoms with van der Waals surface area (Å²) in [5.41, 5.74) is 0.788. The van der Waals surface area contributed by atoms with E-state index in [1.54, 1.807) is 13.2 Å². The van der Waals surface area contributed by atoms with Crippen molar-refractivity contribution in [3.63, 3.8) is 0 Å². The molecule has 6 nitrogen and oxygen atoms in total. The Balaban J connectivity index is 1.57. The van der Waals surface area contributed by atoms with Crippen molar-refractivity contribution in [2.24, 2.45) is 5.92 Å². The van der Waals surface area contributed by atoms with Crippen LogP contribution in [0.5, 0.6) is 17.2 Å². The number of carbonyl (C=O) groups excluding carboxylic acids is 1. The Bertz CT molecular complexity index is 960. The zero-order valence-corrected chi connectivity index (χ0v) is 17.2. The van der Waals surface area contributed by atoms with E-state index in [1.807, 2.05) is 41.3 Å². The molecular weight excluding hydrogens is 382 g/mol. The second-order valence-corrected chi connectivity index (χ2v) is 8.46. The van der Waals surface area contributed by atoms with E-state index in [4.69, 9.17) is 14.2 Å². The topological polar surface area (TPSA) is 68.2 Å². The number of methoxy groups -OCH3 is 1. The van der Waals surface area contributed by atoms with Crippen molar-refractivity contribution in [3.05, 3.63) is 53.6 Å². The molecule has 1 amide bonds. The van der Waals surface area contributed by atoms with Crippen molar-refractivity contribution in [1.29, 1.82) is 0 Å². The number of nitrogens with zero attached hydrogens (tertiary/aromatic N) is 1. The molecule has 1 saturated carbocycles. The molecule has 2 aromatic rings. The number of aliphatic hydroxyl groups is 1. The first kappa shape index (κ1) is 19.2. The molecule has 1 aliphatic carbocycles. The third kappa shape index (κ3) is 3.10. The van der Waals surface area contributed by atoms with Gasteiger partial charge in [-0.3, -0.25) is 4.79 Å². The Kier molecular flexibility index (Phi) is 4.82. The van der Waals surface area contributed by atoms with Crippen molar-refractivity contribution in [2.75, 3.05) is 20.4 Å². The lowest BCUT2D eigenvalue weighted by Crippen LogP contribution is -2.56. The lowest BCUT2D eigenvalue weighted by Gasteiger charge is -2.52. The molecule has 3 aliphatic rings. The van der Waals surface area contributed by atoms with Crippen LogP contribution in [0.3, 0.4) is 0 Å². The number of hydrogen-bond acceptors (Lipinski definition) is 5. The lowest BCUT2D eigenvalue weighted by molar-refractivity contribution is -0.115. The first-order chi connectivity index (χ1) is 14.6. The van der Waals surface area contributed by atoms with E-state index in [1.165, 1.54) is 0 Å². The molecule has 0 spiro atoms. The van der Waals surface area contributed by atoms with Crippen LogP contribution in [0, 0.1) is 5.92 Å². The maximum Gasteiger partial charge on any atom is 0.258 e. The Morgan fingerprint density at radius 1 is 1.13 bits per heavy atom. The molecule has 2 aromatic carbocycles. The summed E-state index contributed by atoms with van der Waals surface area (Å²) in [5, 5.41) is 11.5. The van der Waals surface area contributed by atoms with Crippen LogP contribution < -0.4 is 14.2 Å². The summed E-state index contributed by atoms with van der Waals surface area (Å²) in [7, 11) is 1.58. The molecule has 0 bridgehead atoms. The standard InChI is InChI=1S/C24H27NO5/c1-28-19-8-3-2-6-17(19)23(26)25-13-12-24(27)11-5-4-7-18(24)22(25)16-9-10-20-21(14-16)30-15-29-20/h2-3,6,8-10,14,18,22,27H,4-5,7,11-13,15H2,1H3/t18?,22-,24?/m0/s1. The zero-order chi connectivity index (χ0) is 20.7. The number of piperidine rings is 1. The van der Waals surface area contributed by atoms with Gasteiger partial charge < -0.3 is 24.2 Å². The quantitative estimate of drug-likeness (QED) is 0.832.